The normalized spacial score (nSPS) is 10.1. The molecule has 0 saturated carbocycles. The van der Waals surface area contributed by atoms with Crippen LogP contribution in [-0.4, -0.2) is 31.3 Å². The molecule has 3 rings (SSSR count). The highest BCUT2D eigenvalue weighted by Crippen LogP contribution is 2.30. The highest BCUT2D eigenvalue weighted by Gasteiger charge is 2.06. The number of nitrogens with one attached hydrogen (secondary N) is 2. The topological polar surface area (TPSA) is 77.5 Å². The highest BCUT2D eigenvalue weighted by molar-refractivity contribution is 5.62. The Morgan fingerprint density at radius 3 is 2.35 bits per heavy atom. The number of anilines is 4. The molecule has 26 heavy (non-hydrogen) atoms. The van der Waals surface area contributed by atoms with Gasteiger partial charge in [-0.1, -0.05) is 6.07 Å². The average molecular weight is 352 g/mol. The standard InChI is InChI=1S/C19H20N4O3/c1-24-15-6-4-5-13(11-15)21-18-9-10-20-19(23-18)22-14-7-8-16(25-2)17(12-14)26-3/h4-12H,1-3H3,(H2,20,21,22,23). The summed E-state index contributed by atoms with van der Waals surface area (Å²) in [6.07, 6.45) is 1.68. The van der Waals surface area contributed by atoms with Crippen molar-refractivity contribution < 1.29 is 14.2 Å². The number of hydrogen-bond donors (Lipinski definition) is 2. The minimum Gasteiger partial charge on any atom is -0.497 e. The summed E-state index contributed by atoms with van der Waals surface area (Å²) in [6, 6.07) is 14.9. The molecule has 7 heteroatoms. The van der Waals surface area contributed by atoms with Crippen LogP contribution in [-0.2, 0) is 0 Å². The van der Waals surface area contributed by atoms with Crippen molar-refractivity contribution in [3.05, 3.63) is 54.7 Å². The van der Waals surface area contributed by atoms with Crippen LogP contribution in [0, 0.1) is 0 Å². The fourth-order valence-corrected chi connectivity index (χ4v) is 2.38. The SMILES string of the molecule is COc1cccc(Nc2ccnc(Nc3ccc(OC)c(OC)c3)n2)c1. The van der Waals surface area contributed by atoms with Gasteiger partial charge < -0.3 is 24.8 Å². The molecule has 0 fully saturated rings. The second kappa shape index (κ2) is 8.06. The maximum absolute atomic E-state index is 5.31. The number of hydrogen-bond acceptors (Lipinski definition) is 7. The smallest absolute Gasteiger partial charge is 0.229 e. The van der Waals surface area contributed by atoms with Gasteiger partial charge in [0.1, 0.15) is 11.6 Å². The molecule has 0 spiro atoms. The Morgan fingerprint density at radius 2 is 1.58 bits per heavy atom. The Morgan fingerprint density at radius 1 is 0.769 bits per heavy atom. The van der Waals surface area contributed by atoms with E-state index >= 15 is 0 Å². The summed E-state index contributed by atoms with van der Waals surface area (Å²) in [5, 5.41) is 6.39. The Hall–Kier alpha value is -3.48. The summed E-state index contributed by atoms with van der Waals surface area (Å²) in [6.45, 7) is 0. The van der Waals surface area contributed by atoms with Gasteiger partial charge in [-0.3, -0.25) is 0 Å². The minimum atomic E-state index is 0.463. The average Bonchev–Trinajstić information content (AvgIpc) is 2.68. The van der Waals surface area contributed by atoms with E-state index in [1.165, 1.54) is 0 Å². The van der Waals surface area contributed by atoms with E-state index in [1.807, 2.05) is 42.5 Å². The molecular formula is C19H20N4O3. The van der Waals surface area contributed by atoms with Gasteiger partial charge in [-0.25, -0.2) is 4.98 Å². The van der Waals surface area contributed by atoms with E-state index in [2.05, 4.69) is 20.6 Å². The van der Waals surface area contributed by atoms with Crippen LogP contribution < -0.4 is 24.8 Å². The Balaban J connectivity index is 1.77. The van der Waals surface area contributed by atoms with Crippen LogP contribution in [0.2, 0.25) is 0 Å². The molecule has 0 amide bonds. The minimum absolute atomic E-state index is 0.463. The summed E-state index contributed by atoms with van der Waals surface area (Å²) in [5.74, 6) is 3.18. The first-order valence-electron chi connectivity index (χ1n) is 7.95. The van der Waals surface area contributed by atoms with Gasteiger partial charge >= 0.3 is 0 Å². The predicted octanol–water partition coefficient (Wildman–Crippen LogP) is 3.99. The van der Waals surface area contributed by atoms with Crippen LogP contribution in [0.4, 0.5) is 23.1 Å². The molecule has 1 aromatic heterocycles. The lowest BCUT2D eigenvalue weighted by Gasteiger charge is -2.11. The second-order valence-corrected chi connectivity index (χ2v) is 5.32. The number of rotatable bonds is 7. The molecule has 0 aliphatic rings. The zero-order valence-corrected chi connectivity index (χ0v) is 14.8. The Kier molecular flexibility index (Phi) is 5.38. The molecule has 3 aromatic rings. The molecule has 0 atom stereocenters. The molecule has 0 bridgehead atoms. The monoisotopic (exact) mass is 352 g/mol. The van der Waals surface area contributed by atoms with Crippen molar-refractivity contribution in [2.45, 2.75) is 0 Å². The fraction of sp³-hybridized carbons (Fsp3) is 0.158. The lowest BCUT2D eigenvalue weighted by Crippen LogP contribution is -2.01. The second-order valence-electron chi connectivity index (χ2n) is 5.32. The number of methoxy groups -OCH3 is 3. The molecule has 0 unspecified atom stereocenters. The number of nitrogens with zero attached hydrogens (tertiary/aromatic N) is 2. The van der Waals surface area contributed by atoms with E-state index in [9.17, 15) is 0 Å². The van der Waals surface area contributed by atoms with E-state index in [0.29, 0.717) is 23.3 Å². The first kappa shape index (κ1) is 17.3. The predicted molar refractivity (Wildman–Crippen MR) is 101 cm³/mol. The molecule has 0 aliphatic carbocycles. The summed E-state index contributed by atoms with van der Waals surface area (Å²) in [4.78, 5) is 8.72. The Labute approximate surface area is 152 Å². The van der Waals surface area contributed by atoms with E-state index < -0.39 is 0 Å². The van der Waals surface area contributed by atoms with E-state index in [-0.39, 0.29) is 0 Å². The van der Waals surface area contributed by atoms with Crippen molar-refractivity contribution in [3.63, 3.8) is 0 Å². The van der Waals surface area contributed by atoms with Crippen molar-refractivity contribution >= 4 is 23.1 Å². The van der Waals surface area contributed by atoms with Crippen LogP contribution in [0.25, 0.3) is 0 Å². The third-order valence-corrected chi connectivity index (χ3v) is 3.64. The molecule has 7 nitrogen and oxygen atoms in total. The number of aromatic nitrogens is 2. The molecule has 1 heterocycles. The van der Waals surface area contributed by atoms with Crippen LogP contribution in [0.15, 0.2) is 54.7 Å². The fourth-order valence-electron chi connectivity index (χ4n) is 2.38. The molecule has 2 N–H and O–H groups in total. The van der Waals surface area contributed by atoms with E-state index in [4.69, 9.17) is 14.2 Å². The summed E-state index contributed by atoms with van der Waals surface area (Å²) >= 11 is 0. The quantitative estimate of drug-likeness (QED) is 0.666. The van der Waals surface area contributed by atoms with Gasteiger partial charge in [0.15, 0.2) is 11.5 Å². The first-order valence-corrected chi connectivity index (χ1v) is 7.95. The van der Waals surface area contributed by atoms with Crippen LogP contribution in [0.3, 0.4) is 0 Å². The lowest BCUT2D eigenvalue weighted by molar-refractivity contribution is 0.355. The zero-order valence-electron chi connectivity index (χ0n) is 14.8. The van der Waals surface area contributed by atoms with E-state index in [0.717, 1.165) is 17.1 Å². The van der Waals surface area contributed by atoms with Gasteiger partial charge in [-0.15, -0.1) is 0 Å². The molecule has 0 aliphatic heterocycles. The molecule has 2 aromatic carbocycles. The van der Waals surface area contributed by atoms with Gasteiger partial charge in [0.05, 0.1) is 21.3 Å². The molecule has 134 valence electrons. The summed E-state index contributed by atoms with van der Waals surface area (Å²) in [5.41, 5.74) is 1.67. The van der Waals surface area contributed by atoms with Crippen molar-refractivity contribution in [1.29, 1.82) is 0 Å². The van der Waals surface area contributed by atoms with Gasteiger partial charge in [-0.05, 0) is 30.3 Å². The van der Waals surface area contributed by atoms with Crippen LogP contribution >= 0.6 is 0 Å². The summed E-state index contributed by atoms with van der Waals surface area (Å²) < 4.78 is 15.8. The maximum Gasteiger partial charge on any atom is 0.229 e. The summed E-state index contributed by atoms with van der Waals surface area (Å²) in [7, 11) is 4.83. The van der Waals surface area contributed by atoms with Crippen molar-refractivity contribution in [2.24, 2.45) is 0 Å². The number of ether oxygens (including phenoxy) is 3. The lowest BCUT2D eigenvalue weighted by atomic mass is 10.3. The van der Waals surface area contributed by atoms with Crippen molar-refractivity contribution in [1.82, 2.24) is 9.97 Å². The maximum atomic E-state index is 5.31. The first-order chi connectivity index (χ1) is 12.7. The highest BCUT2D eigenvalue weighted by atomic mass is 16.5. The molecule has 0 radical (unpaired) electrons. The van der Waals surface area contributed by atoms with Crippen molar-refractivity contribution in [3.8, 4) is 17.2 Å². The van der Waals surface area contributed by atoms with Gasteiger partial charge in [0.2, 0.25) is 5.95 Å². The van der Waals surface area contributed by atoms with Crippen LogP contribution in [0.1, 0.15) is 0 Å². The molecule has 0 saturated heterocycles. The molecular weight excluding hydrogens is 332 g/mol. The largest absolute Gasteiger partial charge is 0.497 e. The van der Waals surface area contributed by atoms with Gasteiger partial charge in [0, 0.05) is 29.7 Å². The third kappa shape index (κ3) is 4.13. The van der Waals surface area contributed by atoms with Crippen molar-refractivity contribution in [2.75, 3.05) is 32.0 Å². The van der Waals surface area contributed by atoms with E-state index in [1.54, 1.807) is 33.6 Å². The Bertz CT molecular complexity index is 886. The van der Waals surface area contributed by atoms with Gasteiger partial charge in [0.25, 0.3) is 0 Å². The van der Waals surface area contributed by atoms with Crippen LogP contribution in [0.5, 0.6) is 17.2 Å². The zero-order chi connectivity index (χ0) is 18.4. The third-order valence-electron chi connectivity index (χ3n) is 3.64. The van der Waals surface area contributed by atoms with Gasteiger partial charge in [-0.2, -0.15) is 4.98 Å². The number of benzene rings is 2.